The number of nitrogens with zero attached hydrogens (tertiary/aromatic N) is 2. The van der Waals surface area contributed by atoms with Crippen molar-refractivity contribution in [2.45, 2.75) is 25.1 Å². The molecule has 0 bridgehead atoms. The van der Waals surface area contributed by atoms with Crippen LogP contribution in [0.2, 0.25) is 0 Å². The Bertz CT molecular complexity index is 2150. The van der Waals surface area contributed by atoms with Crippen LogP contribution in [0.1, 0.15) is 50.8 Å². The van der Waals surface area contributed by atoms with Crippen molar-refractivity contribution < 1.29 is 27.1 Å². The lowest BCUT2D eigenvalue weighted by molar-refractivity contribution is -0.137. The first-order chi connectivity index (χ1) is 21.2. The van der Waals surface area contributed by atoms with Gasteiger partial charge in [-0.3, -0.25) is 9.36 Å². The van der Waals surface area contributed by atoms with Gasteiger partial charge in [-0.1, -0.05) is 59.9 Å². The van der Waals surface area contributed by atoms with Crippen LogP contribution in [-0.2, 0) is 17.3 Å². The summed E-state index contributed by atoms with van der Waals surface area (Å²) in [7, 11) is 1.33. The number of halogens is 3. The van der Waals surface area contributed by atoms with E-state index >= 15 is 0 Å². The minimum absolute atomic E-state index is 0.255. The number of furan rings is 1. The van der Waals surface area contributed by atoms with Gasteiger partial charge in [0.15, 0.2) is 4.80 Å². The average Bonchev–Trinajstić information content (AvgIpc) is 3.63. The molecule has 5 aromatic rings. The third-order valence-corrected chi connectivity index (χ3v) is 8.88. The molecule has 10 heteroatoms. The van der Waals surface area contributed by atoms with E-state index in [1.807, 2.05) is 30.3 Å². The fraction of sp³-hybridized carbons (Fsp3) is 0.147. The Kier molecular flexibility index (Phi) is 6.73. The van der Waals surface area contributed by atoms with Crippen LogP contribution in [-0.4, -0.2) is 17.6 Å². The number of alkyl halides is 3. The number of ether oxygens (including phenoxy) is 1. The molecule has 0 unspecified atom stereocenters. The number of thiazole rings is 1. The Morgan fingerprint density at radius 1 is 1.02 bits per heavy atom. The second kappa shape index (κ2) is 10.6. The molecule has 7 rings (SSSR count). The maximum absolute atomic E-state index is 14.0. The molecule has 1 aliphatic heterocycles. The molecule has 3 aromatic carbocycles. The van der Waals surface area contributed by atoms with Crippen LogP contribution in [0, 0.1) is 0 Å². The zero-order valence-electron chi connectivity index (χ0n) is 23.2. The number of methoxy groups -OCH3 is 1. The van der Waals surface area contributed by atoms with E-state index in [0.29, 0.717) is 27.1 Å². The SMILES string of the molecule is COC(=O)c1ccc([C@@H]2C3=C(N=c4s/c(=C/c5ccc(-c6cccc(C(F)(F)F)c6)o5)c(=O)n42)c2ccccc2CC3)cc1. The smallest absolute Gasteiger partial charge is 0.416 e. The predicted octanol–water partition coefficient (Wildman–Crippen LogP) is 6.38. The summed E-state index contributed by atoms with van der Waals surface area (Å²) in [5, 5.41) is 0. The zero-order valence-corrected chi connectivity index (χ0v) is 24.0. The molecule has 0 fully saturated rings. The standard InChI is InChI=1S/C34H23F3N2O4S/c1-42-32(41)21-11-9-20(10-12-21)30-26-15-13-19-5-2-3-8-25(19)29(26)38-33-39(30)31(40)28(44-33)18-24-14-16-27(43-24)22-6-4-7-23(17-22)34(35,36)37/h2-12,14,16-18,30H,13,15H2,1H3/b28-18+/t30-/m1/s1. The average molecular weight is 613 g/mol. The molecule has 3 heterocycles. The summed E-state index contributed by atoms with van der Waals surface area (Å²) in [6.07, 6.45) is -1.37. The summed E-state index contributed by atoms with van der Waals surface area (Å²) in [5.41, 5.74) is 4.54. The molecule has 220 valence electrons. The molecule has 44 heavy (non-hydrogen) atoms. The van der Waals surface area contributed by atoms with Gasteiger partial charge >= 0.3 is 12.1 Å². The van der Waals surface area contributed by atoms with E-state index in [0.717, 1.165) is 41.0 Å². The molecular formula is C34H23F3N2O4S. The molecule has 0 saturated heterocycles. The van der Waals surface area contributed by atoms with E-state index in [1.165, 1.54) is 30.1 Å². The monoisotopic (exact) mass is 612 g/mol. The van der Waals surface area contributed by atoms with E-state index in [1.54, 1.807) is 41.0 Å². The second-order valence-corrected chi connectivity index (χ2v) is 11.5. The highest BCUT2D eigenvalue weighted by Crippen LogP contribution is 2.41. The number of benzene rings is 3. The Hall–Kier alpha value is -4.96. The summed E-state index contributed by atoms with van der Waals surface area (Å²) in [6.45, 7) is 0. The van der Waals surface area contributed by atoms with E-state index in [-0.39, 0.29) is 16.9 Å². The van der Waals surface area contributed by atoms with Crippen molar-refractivity contribution >= 4 is 29.1 Å². The molecule has 0 saturated carbocycles. The number of hydrogen-bond donors (Lipinski definition) is 0. The lowest BCUT2D eigenvalue weighted by atomic mass is 9.83. The van der Waals surface area contributed by atoms with Gasteiger partial charge in [0.25, 0.3) is 5.56 Å². The highest BCUT2D eigenvalue weighted by atomic mass is 32.1. The summed E-state index contributed by atoms with van der Waals surface area (Å²) >= 11 is 1.22. The van der Waals surface area contributed by atoms with Crippen LogP contribution in [0.3, 0.4) is 0 Å². The third-order valence-electron chi connectivity index (χ3n) is 7.90. The van der Waals surface area contributed by atoms with Gasteiger partial charge in [0, 0.05) is 17.2 Å². The highest BCUT2D eigenvalue weighted by Gasteiger charge is 2.33. The maximum atomic E-state index is 14.0. The van der Waals surface area contributed by atoms with Crippen molar-refractivity contribution in [3.8, 4) is 11.3 Å². The molecule has 2 aromatic heterocycles. The first-order valence-corrected chi connectivity index (χ1v) is 14.6. The van der Waals surface area contributed by atoms with E-state index in [9.17, 15) is 22.8 Å². The maximum Gasteiger partial charge on any atom is 0.416 e. The van der Waals surface area contributed by atoms with Crippen LogP contribution < -0.4 is 14.9 Å². The Morgan fingerprint density at radius 3 is 2.59 bits per heavy atom. The number of aryl methyl sites for hydroxylation is 1. The topological polar surface area (TPSA) is 73.8 Å². The molecule has 0 N–H and O–H groups in total. The lowest BCUT2D eigenvalue weighted by Crippen LogP contribution is -2.38. The van der Waals surface area contributed by atoms with Crippen molar-refractivity contribution in [3.05, 3.63) is 144 Å². The summed E-state index contributed by atoms with van der Waals surface area (Å²) in [4.78, 5) is 31.6. The molecule has 1 atom stereocenters. The fourth-order valence-electron chi connectivity index (χ4n) is 5.81. The van der Waals surface area contributed by atoms with Gasteiger partial charge in [-0.15, -0.1) is 0 Å². The van der Waals surface area contributed by atoms with Gasteiger partial charge in [-0.25, -0.2) is 9.79 Å². The van der Waals surface area contributed by atoms with E-state index < -0.39 is 23.8 Å². The van der Waals surface area contributed by atoms with Gasteiger partial charge < -0.3 is 9.15 Å². The van der Waals surface area contributed by atoms with Gasteiger partial charge in [-0.05, 0) is 65.9 Å². The molecule has 0 amide bonds. The number of allylic oxidation sites excluding steroid dienone is 1. The lowest BCUT2D eigenvalue weighted by Gasteiger charge is -2.30. The zero-order chi connectivity index (χ0) is 30.6. The van der Waals surface area contributed by atoms with Crippen molar-refractivity contribution in [1.82, 2.24) is 4.57 Å². The van der Waals surface area contributed by atoms with Crippen LogP contribution in [0.25, 0.3) is 23.1 Å². The van der Waals surface area contributed by atoms with Crippen molar-refractivity contribution in [2.24, 2.45) is 4.99 Å². The van der Waals surface area contributed by atoms with E-state index in [2.05, 4.69) is 6.07 Å². The fourth-order valence-corrected chi connectivity index (χ4v) is 6.79. The number of carbonyl (C=O) groups excluding carboxylic acids is 1. The van der Waals surface area contributed by atoms with Gasteiger partial charge in [0.2, 0.25) is 0 Å². The van der Waals surface area contributed by atoms with Crippen LogP contribution >= 0.6 is 11.3 Å². The molecule has 2 aliphatic rings. The molecule has 0 spiro atoms. The number of carbonyl (C=O) groups is 1. The molecular weight excluding hydrogens is 589 g/mol. The summed E-state index contributed by atoms with van der Waals surface area (Å²) < 4.78 is 52.5. The van der Waals surface area contributed by atoms with Crippen LogP contribution in [0.5, 0.6) is 0 Å². The molecule has 1 aliphatic carbocycles. The predicted molar refractivity (Wildman–Crippen MR) is 160 cm³/mol. The Morgan fingerprint density at radius 2 is 1.82 bits per heavy atom. The van der Waals surface area contributed by atoms with Gasteiger partial charge in [0.05, 0.1) is 34.5 Å². The first-order valence-electron chi connectivity index (χ1n) is 13.8. The molecule has 6 nitrogen and oxygen atoms in total. The van der Waals surface area contributed by atoms with Crippen molar-refractivity contribution in [1.29, 1.82) is 0 Å². The van der Waals surface area contributed by atoms with Gasteiger partial charge in [-0.2, -0.15) is 13.2 Å². The number of rotatable bonds is 4. The Balaban J connectivity index is 1.35. The largest absolute Gasteiger partial charge is 0.465 e. The number of esters is 1. The number of aromatic nitrogens is 1. The van der Waals surface area contributed by atoms with Crippen molar-refractivity contribution in [3.63, 3.8) is 0 Å². The highest BCUT2D eigenvalue weighted by molar-refractivity contribution is 7.07. The Labute approximate surface area is 252 Å². The van der Waals surface area contributed by atoms with Gasteiger partial charge in [0.1, 0.15) is 11.5 Å². The minimum Gasteiger partial charge on any atom is -0.465 e. The summed E-state index contributed by atoms with van der Waals surface area (Å²) in [6, 6.07) is 22.8. The quantitative estimate of drug-likeness (QED) is 0.221. The normalized spacial score (nSPS) is 16.2. The molecule has 0 radical (unpaired) electrons. The van der Waals surface area contributed by atoms with E-state index in [4.69, 9.17) is 14.1 Å². The number of fused-ring (bicyclic) bond motifs is 3. The van der Waals surface area contributed by atoms with Crippen LogP contribution in [0.4, 0.5) is 13.2 Å². The number of hydrogen-bond acceptors (Lipinski definition) is 6. The minimum atomic E-state index is -4.48. The third kappa shape index (κ3) is 4.81. The van der Waals surface area contributed by atoms with Crippen molar-refractivity contribution in [2.75, 3.05) is 7.11 Å². The first kappa shape index (κ1) is 27.8. The second-order valence-electron chi connectivity index (χ2n) is 10.5. The summed E-state index contributed by atoms with van der Waals surface area (Å²) in [5.74, 6) is 0.136. The van der Waals surface area contributed by atoms with Crippen LogP contribution in [0.15, 0.2) is 105 Å².